The van der Waals surface area contributed by atoms with E-state index in [1.54, 1.807) is 0 Å². The Balaban J connectivity index is 2.01. The third-order valence-corrected chi connectivity index (χ3v) is 4.05. The molecule has 1 fully saturated rings. The molecule has 1 aromatic carbocycles. The van der Waals surface area contributed by atoms with Crippen molar-refractivity contribution in [1.29, 1.82) is 0 Å². The maximum atomic E-state index is 9.39. The Morgan fingerprint density at radius 1 is 1.40 bits per heavy atom. The maximum Gasteiger partial charge on any atom is 0.492 e. The van der Waals surface area contributed by atoms with Crippen LogP contribution in [-0.4, -0.2) is 42.3 Å². The van der Waals surface area contributed by atoms with Gasteiger partial charge in [0.15, 0.2) is 0 Å². The van der Waals surface area contributed by atoms with Crippen LogP contribution in [0.2, 0.25) is 0 Å². The lowest BCUT2D eigenvalue weighted by Crippen LogP contribution is -2.32. The van der Waals surface area contributed by atoms with E-state index in [1.807, 2.05) is 18.2 Å². The van der Waals surface area contributed by atoms with E-state index in [2.05, 4.69) is 11.8 Å². The standard InChI is InChI=1S/C15H24BNO3/c1-3-4-12-7-8-17(10-12)11-13-5-6-15(20-2)14(9-13)16(18)19/h5-6,9,12,18-19H,3-4,7-8,10-11H2,1-2H3. The highest BCUT2D eigenvalue weighted by Crippen LogP contribution is 2.22. The summed E-state index contributed by atoms with van der Waals surface area (Å²) in [5, 5.41) is 18.8. The SMILES string of the molecule is CCCC1CCN(Cc2ccc(OC)c(B(O)O)c2)C1. The van der Waals surface area contributed by atoms with Crippen molar-refractivity contribution in [3.63, 3.8) is 0 Å². The van der Waals surface area contributed by atoms with Crippen molar-refractivity contribution in [2.24, 2.45) is 5.92 Å². The lowest BCUT2D eigenvalue weighted by Gasteiger charge is -2.17. The van der Waals surface area contributed by atoms with Crippen molar-refractivity contribution in [1.82, 2.24) is 4.90 Å². The summed E-state index contributed by atoms with van der Waals surface area (Å²) in [6.45, 7) is 5.38. The number of rotatable bonds is 6. The molecule has 0 aromatic heterocycles. The van der Waals surface area contributed by atoms with Crippen LogP contribution in [0, 0.1) is 5.92 Å². The Morgan fingerprint density at radius 2 is 2.20 bits per heavy atom. The molecule has 2 rings (SSSR count). The molecule has 0 saturated carbocycles. The number of benzene rings is 1. The number of nitrogens with zero attached hydrogens (tertiary/aromatic N) is 1. The highest BCUT2D eigenvalue weighted by atomic mass is 16.5. The van der Waals surface area contributed by atoms with Crippen LogP contribution >= 0.6 is 0 Å². The van der Waals surface area contributed by atoms with E-state index in [4.69, 9.17) is 4.74 Å². The van der Waals surface area contributed by atoms with Gasteiger partial charge in [-0.15, -0.1) is 0 Å². The predicted molar refractivity (Wildman–Crippen MR) is 81.1 cm³/mol. The van der Waals surface area contributed by atoms with Crippen LogP contribution in [0.15, 0.2) is 18.2 Å². The van der Waals surface area contributed by atoms with Gasteiger partial charge in [-0.1, -0.05) is 25.5 Å². The summed E-state index contributed by atoms with van der Waals surface area (Å²) in [7, 11) is 0.0489. The molecule has 5 heteroatoms. The Bertz CT molecular complexity index is 439. The van der Waals surface area contributed by atoms with Crippen LogP contribution in [0.4, 0.5) is 0 Å². The summed E-state index contributed by atoms with van der Waals surface area (Å²) in [4.78, 5) is 2.44. The molecule has 1 aliphatic rings. The minimum absolute atomic E-state index is 0.439. The summed E-state index contributed by atoms with van der Waals surface area (Å²) >= 11 is 0. The third-order valence-electron chi connectivity index (χ3n) is 4.05. The second-order valence-corrected chi connectivity index (χ2v) is 5.63. The van der Waals surface area contributed by atoms with Gasteiger partial charge in [-0.05, 0) is 36.9 Å². The van der Waals surface area contributed by atoms with Crippen molar-refractivity contribution in [2.45, 2.75) is 32.7 Å². The Labute approximate surface area is 121 Å². The van der Waals surface area contributed by atoms with E-state index in [9.17, 15) is 10.0 Å². The molecule has 4 nitrogen and oxygen atoms in total. The van der Waals surface area contributed by atoms with Gasteiger partial charge < -0.3 is 14.8 Å². The average molecular weight is 277 g/mol. The molecule has 0 bridgehead atoms. The monoisotopic (exact) mass is 277 g/mol. The molecule has 1 aromatic rings. The number of likely N-dealkylation sites (tertiary alicyclic amines) is 1. The second-order valence-electron chi connectivity index (χ2n) is 5.63. The van der Waals surface area contributed by atoms with Gasteiger partial charge >= 0.3 is 7.12 Å². The lowest BCUT2D eigenvalue weighted by atomic mass is 9.78. The number of hydrogen-bond acceptors (Lipinski definition) is 4. The van der Waals surface area contributed by atoms with Crippen LogP contribution in [0.5, 0.6) is 5.75 Å². The van der Waals surface area contributed by atoms with Crippen molar-refractivity contribution in [3.8, 4) is 5.75 Å². The molecule has 1 saturated heterocycles. The van der Waals surface area contributed by atoms with Gasteiger partial charge in [0.2, 0.25) is 0 Å². The van der Waals surface area contributed by atoms with Crippen molar-refractivity contribution in [2.75, 3.05) is 20.2 Å². The molecule has 20 heavy (non-hydrogen) atoms. The first-order chi connectivity index (χ1) is 9.63. The highest BCUT2D eigenvalue weighted by Gasteiger charge is 2.23. The van der Waals surface area contributed by atoms with Crippen LogP contribution in [0.1, 0.15) is 31.7 Å². The molecule has 0 aliphatic carbocycles. The summed E-state index contributed by atoms with van der Waals surface area (Å²) in [5.41, 5.74) is 1.54. The Morgan fingerprint density at radius 3 is 2.85 bits per heavy atom. The number of methoxy groups -OCH3 is 1. The fraction of sp³-hybridized carbons (Fsp3) is 0.600. The fourth-order valence-electron chi connectivity index (χ4n) is 3.04. The van der Waals surface area contributed by atoms with E-state index >= 15 is 0 Å². The van der Waals surface area contributed by atoms with Gasteiger partial charge in [-0.2, -0.15) is 0 Å². The van der Waals surface area contributed by atoms with E-state index < -0.39 is 7.12 Å². The molecule has 1 aliphatic heterocycles. The van der Waals surface area contributed by atoms with Crippen molar-refractivity contribution < 1.29 is 14.8 Å². The first-order valence-corrected chi connectivity index (χ1v) is 7.39. The average Bonchev–Trinajstić information content (AvgIpc) is 2.86. The molecule has 110 valence electrons. The van der Waals surface area contributed by atoms with E-state index in [0.717, 1.165) is 31.1 Å². The van der Waals surface area contributed by atoms with Gasteiger partial charge in [0.05, 0.1) is 7.11 Å². The Hall–Kier alpha value is -1.04. The third kappa shape index (κ3) is 3.75. The first kappa shape index (κ1) is 15.4. The molecule has 2 N–H and O–H groups in total. The van der Waals surface area contributed by atoms with Gasteiger partial charge in [0.25, 0.3) is 0 Å². The van der Waals surface area contributed by atoms with Crippen LogP contribution in [0.3, 0.4) is 0 Å². The van der Waals surface area contributed by atoms with Crippen molar-refractivity contribution in [3.05, 3.63) is 23.8 Å². The van der Waals surface area contributed by atoms with E-state index in [-0.39, 0.29) is 0 Å². The zero-order chi connectivity index (χ0) is 14.5. The quantitative estimate of drug-likeness (QED) is 0.762. The minimum atomic E-state index is -1.49. The van der Waals surface area contributed by atoms with Crippen molar-refractivity contribution >= 4 is 12.6 Å². The smallest absolute Gasteiger partial charge is 0.492 e. The summed E-state index contributed by atoms with van der Waals surface area (Å²) in [6, 6.07) is 5.64. The molecule has 1 atom stereocenters. The summed E-state index contributed by atoms with van der Waals surface area (Å²) in [5.74, 6) is 1.34. The minimum Gasteiger partial charge on any atom is -0.497 e. The zero-order valence-corrected chi connectivity index (χ0v) is 12.4. The van der Waals surface area contributed by atoms with Gasteiger partial charge in [-0.25, -0.2) is 0 Å². The molecule has 1 unspecified atom stereocenters. The number of ether oxygens (including phenoxy) is 1. The first-order valence-electron chi connectivity index (χ1n) is 7.39. The molecule has 1 heterocycles. The molecular formula is C15H24BNO3. The van der Waals surface area contributed by atoms with Crippen LogP contribution < -0.4 is 10.2 Å². The topological polar surface area (TPSA) is 52.9 Å². The summed E-state index contributed by atoms with van der Waals surface area (Å²) in [6.07, 6.45) is 3.83. The summed E-state index contributed by atoms with van der Waals surface area (Å²) < 4.78 is 5.15. The second kappa shape index (κ2) is 7.11. The molecular weight excluding hydrogens is 253 g/mol. The van der Waals surface area contributed by atoms with Crippen LogP contribution in [0.25, 0.3) is 0 Å². The molecule has 0 spiro atoms. The molecule has 0 amide bonds. The number of hydrogen-bond donors (Lipinski definition) is 2. The van der Waals surface area contributed by atoms with Crippen LogP contribution in [-0.2, 0) is 6.54 Å². The van der Waals surface area contributed by atoms with E-state index in [0.29, 0.717) is 11.2 Å². The van der Waals surface area contributed by atoms with E-state index in [1.165, 1.54) is 26.4 Å². The van der Waals surface area contributed by atoms with Gasteiger partial charge in [0, 0.05) is 18.6 Å². The normalized spacial score (nSPS) is 19.3. The maximum absolute atomic E-state index is 9.39. The molecule has 0 radical (unpaired) electrons. The Kier molecular flexibility index (Phi) is 5.46. The fourth-order valence-corrected chi connectivity index (χ4v) is 3.04. The lowest BCUT2D eigenvalue weighted by molar-refractivity contribution is 0.312. The largest absolute Gasteiger partial charge is 0.497 e. The zero-order valence-electron chi connectivity index (χ0n) is 12.4. The van der Waals surface area contributed by atoms with Gasteiger partial charge in [-0.3, -0.25) is 4.90 Å². The predicted octanol–water partition coefficient (Wildman–Crippen LogP) is 0.997. The highest BCUT2D eigenvalue weighted by molar-refractivity contribution is 6.59. The van der Waals surface area contributed by atoms with Gasteiger partial charge in [0.1, 0.15) is 5.75 Å².